The summed E-state index contributed by atoms with van der Waals surface area (Å²) < 4.78 is 5.38. The van der Waals surface area contributed by atoms with Crippen LogP contribution in [0.1, 0.15) is 36.4 Å². The van der Waals surface area contributed by atoms with Crippen LogP contribution in [0.25, 0.3) is 0 Å². The van der Waals surface area contributed by atoms with Crippen molar-refractivity contribution in [2.45, 2.75) is 32.2 Å². The minimum Gasteiger partial charge on any atom is -0.384 e. The normalized spacial score (nSPS) is 17.3. The van der Waals surface area contributed by atoms with Crippen molar-refractivity contribution in [3.8, 4) is 0 Å². The molecule has 3 amide bonds. The maximum Gasteiger partial charge on any atom is 0.312 e. The molecule has 26 heavy (non-hydrogen) atoms. The average Bonchev–Trinajstić information content (AvgIpc) is 2.61. The fourth-order valence-electron chi connectivity index (χ4n) is 3.57. The van der Waals surface area contributed by atoms with Gasteiger partial charge >= 0.3 is 6.03 Å². The van der Waals surface area contributed by atoms with E-state index in [0.29, 0.717) is 13.2 Å². The summed E-state index contributed by atoms with van der Waals surface area (Å²) in [6.45, 7) is 4.99. The first-order chi connectivity index (χ1) is 12.5. The Labute approximate surface area is 155 Å². The molecule has 7 heteroatoms. The molecule has 1 fully saturated rings. The second-order valence-electron chi connectivity index (χ2n) is 7.08. The number of primary amides is 1. The van der Waals surface area contributed by atoms with Crippen LogP contribution in [0.2, 0.25) is 0 Å². The van der Waals surface area contributed by atoms with Crippen molar-refractivity contribution in [3.63, 3.8) is 0 Å². The predicted molar refractivity (Wildman–Crippen MR) is 101 cm³/mol. The molecule has 1 aliphatic rings. The Morgan fingerprint density at radius 2 is 2.00 bits per heavy atom. The second kappa shape index (κ2) is 9.54. The largest absolute Gasteiger partial charge is 0.384 e. The van der Waals surface area contributed by atoms with Crippen molar-refractivity contribution in [1.82, 2.24) is 16.0 Å². The highest BCUT2D eigenvalue weighted by Gasteiger charge is 2.32. The number of benzene rings is 1. The lowest BCUT2D eigenvalue weighted by Gasteiger charge is -2.37. The van der Waals surface area contributed by atoms with E-state index in [1.54, 1.807) is 7.11 Å². The summed E-state index contributed by atoms with van der Waals surface area (Å²) in [7, 11) is 1.69. The highest BCUT2D eigenvalue weighted by atomic mass is 16.5. The molecule has 0 bridgehead atoms. The number of nitrogens with two attached hydrogens (primary N) is 1. The molecule has 1 saturated heterocycles. The van der Waals surface area contributed by atoms with Gasteiger partial charge < -0.3 is 26.4 Å². The zero-order valence-electron chi connectivity index (χ0n) is 15.6. The summed E-state index contributed by atoms with van der Waals surface area (Å²) >= 11 is 0. The zero-order valence-corrected chi connectivity index (χ0v) is 15.6. The van der Waals surface area contributed by atoms with Crippen LogP contribution in [-0.4, -0.2) is 45.3 Å². The molecule has 1 aromatic rings. The Balaban J connectivity index is 2.00. The standard InChI is InChI=1S/C19H30N4O3/c1-14-5-3-4-6-15(14)16(23-18(20)25)11-17(24)22-12-19(13-26-2)7-9-21-10-8-19/h3-6,16,21H,7-13H2,1-2H3,(H,22,24)(H3,20,23,25). The van der Waals surface area contributed by atoms with E-state index in [1.807, 2.05) is 31.2 Å². The van der Waals surface area contributed by atoms with Crippen molar-refractivity contribution in [2.24, 2.45) is 11.1 Å². The molecule has 2 rings (SSSR count). The van der Waals surface area contributed by atoms with E-state index in [1.165, 1.54) is 0 Å². The number of hydrogen-bond acceptors (Lipinski definition) is 4. The number of ether oxygens (including phenoxy) is 1. The number of carbonyl (C=O) groups is 2. The molecular formula is C19H30N4O3. The van der Waals surface area contributed by atoms with Crippen LogP contribution in [-0.2, 0) is 9.53 Å². The average molecular weight is 362 g/mol. The maximum absolute atomic E-state index is 12.5. The van der Waals surface area contributed by atoms with Gasteiger partial charge in [-0.25, -0.2) is 4.79 Å². The molecule has 0 aliphatic carbocycles. The minimum atomic E-state index is -0.639. The van der Waals surface area contributed by atoms with Crippen molar-refractivity contribution in [3.05, 3.63) is 35.4 Å². The number of carbonyl (C=O) groups excluding carboxylic acids is 2. The Kier molecular flexibility index (Phi) is 7.41. The molecule has 1 aliphatic heterocycles. The molecule has 7 nitrogen and oxygen atoms in total. The van der Waals surface area contributed by atoms with Gasteiger partial charge in [0, 0.05) is 19.1 Å². The SMILES string of the molecule is COCC1(CNC(=O)CC(NC(N)=O)c2ccccc2C)CCNCC1. The summed E-state index contributed by atoms with van der Waals surface area (Å²) in [4.78, 5) is 23.9. The van der Waals surface area contributed by atoms with E-state index in [4.69, 9.17) is 10.5 Å². The highest BCUT2D eigenvalue weighted by Crippen LogP contribution is 2.28. The van der Waals surface area contributed by atoms with Gasteiger partial charge in [0.1, 0.15) is 0 Å². The number of rotatable bonds is 8. The lowest BCUT2D eigenvalue weighted by Crippen LogP contribution is -2.47. The summed E-state index contributed by atoms with van der Waals surface area (Å²) in [5, 5.41) is 9.05. The third kappa shape index (κ3) is 5.71. The Morgan fingerprint density at radius 1 is 1.31 bits per heavy atom. The van der Waals surface area contributed by atoms with Crippen LogP contribution < -0.4 is 21.7 Å². The van der Waals surface area contributed by atoms with E-state index in [0.717, 1.165) is 37.1 Å². The molecular weight excluding hydrogens is 332 g/mol. The van der Waals surface area contributed by atoms with Crippen LogP contribution in [0.4, 0.5) is 4.79 Å². The highest BCUT2D eigenvalue weighted by molar-refractivity contribution is 5.79. The van der Waals surface area contributed by atoms with Crippen molar-refractivity contribution < 1.29 is 14.3 Å². The molecule has 0 spiro atoms. The van der Waals surface area contributed by atoms with Crippen LogP contribution in [0, 0.1) is 12.3 Å². The van der Waals surface area contributed by atoms with E-state index >= 15 is 0 Å². The number of piperidine rings is 1. The van der Waals surface area contributed by atoms with Gasteiger partial charge in [-0.05, 0) is 44.0 Å². The van der Waals surface area contributed by atoms with E-state index in [2.05, 4.69) is 16.0 Å². The summed E-state index contributed by atoms with van der Waals surface area (Å²) in [6, 6.07) is 6.58. The molecule has 1 heterocycles. The van der Waals surface area contributed by atoms with Crippen LogP contribution in [0.15, 0.2) is 24.3 Å². The number of urea groups is 1. The molecule has 5 N–H and O–H groups in total. The molecule has 1 unspecified atom stereocenters. The van der Waals surface area contributed by atoms with Crippen LogP contribution in [0.5, 0.6) is 0 Å². The van der Waals surface area contributed by atoms with E-state index < -0.39 is 12.1 Å². The Hall–Kier alpha value is -2.12. The van der Waals surface area contributed by atoms with E-state index in [9.17, 15) is 9.59 Å². The zero-order chi connectivity index (χ0) is 19.0. The van der Waals surface area contributed by atoms with Gasteiger partial charge in [-0.1, -0.05) is 24.3 Å². The number of methoxy groups -OCH3 is 1. The Bertz CT molecular complexity index is 609. The molecule has 0 saturated carbocycles. The van der Waals surface area contributed by atoms with Crippen molar-refractivity contribution in [1.29, 1.82) is 0 Å². The molecule has 1 atom stereocenters. The fourth-order valence-corrected chi connectivity index (χ4v) is 3.57. The minimum absolute atomic E-state index is 0.0368. The number of nitrogens with one attached hydrogen (secondary N) is 3. The van der Waals surface area contributed by atoms with Gasteiger partial charge in [0.25, 0.3) is 0 Å². The number of amides is 3. The van der Waals surface area contributed by atoms with Gasteiger partial charge in [-0.3, -0.25) is 4.79 Å². The third-order valence-corrected chi connectivity index (χ3v) is 5.05. The van der Waals surface area contributed by atoms with Gasteiger partial charge in [-0.2, -0.15) is 0 Å². The second-order valence-corrected chi connectivity index (χ2v) is 7.08. The monoisotopic (exact) mass is 362 g/mol. The summed E-state index contributed by atoms with van der Waals surface area (Å²) in [5.41, 5.74) is 7.17. The Morgan fingerprint density at radius 3 is 2.62 bits per heavy atom. The third-order valence-electron chi connectivity index (χ3n) is 5.05. The lowest BCUT2D eigenvalue weighted by atomic mass is 9.79. The summed E-state index contributed by atoms with van der Waals surface area (Å²) in [6.07, 6.45) is 2.07. The van der Waals surface area contributed by atoms with Gasteiger partial charge in [-0.15, -0.1) is 0 Å². The quantitative estimate of drug-likeness (QED) is 0.558. The van der Waals surface area contributed by atoms with Gasteiger partial charge in [0.15, 0.2) is 0 Å². The molecule has 144 valence electrons. The van der Waals surface area contributed by atoms with Crippen molar-refractivity contribution >= 4 is 11.9 Å². The molecule has 0 aromatic heterocycles. The first-order valence-corrected chi connectivity index (χ1v) is 9.04. The maximum atomic E-state index is 12.5. The number of aryl methyl sites for hydroxylation is 1. The van der Waals surface area contributed by atoms with Gasteiger partial charge in [0.2, 0.25) is 5.91 Å². The molecule has 1 aromatic carbocycles. The van der Waals surface area contributed by atoms with Crippen molar-refractivity contribution in [2.75, 3.05) is 33.4 Å². The smallest absolute Gasteiger partial charge is 0.312 e. The van der Waals surface area contributed by atoms with E-state index in [-0.39, 0.29) is 17.7 Å². The summed E-state index contributed by atoms with van der Waals surface area (Å²) in [5.74, 6) is -0.110. The van der Waals surface area contributed by atoms with Crippen LogP contribution in [0.3, 0.4) is 0 Å². The fraction of sp³-hybridized carbons (Fsp3) is 0.579. The van der Waals surface area contributed by atoms with Gasteiger partial charge in [0.05, 0.1) is 19.1 Å². The lowest BCUT2D eigenvalue weighted by molar-refractivity contribution is -0.122. The first-order valence-electron chi connectivity index (χ1n) is 9.04. The first kappa shape index (κ1) is 20.2. The predicted octanol–water partition coefficient (Wildman–Crippen LogP) is 1.23. The molecule has 0 radical (unpaired) electrons. The number of hydrogen-bond donors (Lipinski definition) is 4. The van der Waals surface area contributed by atoms with Crippen LogP contribution >= 0.6 is 0 Å². The topological polar surface area (TPSA) is 105 Å².